The van der Waals surface area contributed by atoms with Crippen molar-refractivity contribution in [3.8, 4) is 11.4 Å². The lowest BCUT2D eigenvalue weighted by Crippen LogP contribution is -1.95. The smallest absolute Gasteiger partial charge is 0.149 e. The number of aromatic amines is 1. The third kappa shape index (κ3) is 2.33. The number of hydrogen-bond acceptors (Lipinski definition) is 3. The first kappa shape index (κ1) is 11.5. The van der Waals surface area contributed by atoms with Crippen LogP contribution in [-0.4, -0.2) is 15.2 Å². The molecule has 0 spiro atoms. The number of H-pyrrole nitrogens is 1. The van der Waals surface area contributed by atoms with Gasteiger partial charge in [0.25, 0.3) is 0 Å². The van der Waals surface area contributed by atoms with E-state index in [-0.39, 0.29) is 0 Å². The molecule has 0 aliphatic carbocycles. The van der Waals surface area contributed by atoms with Gasteiger partial charge in [-0.25, -0.2) is 0 Å². The average molecular weight is 250 g/mol. The Kier molecular flexibility index (Phi) is 2.98. The Morgan fingerprint density at radius 2 is 1.79 bits per heavy atom. The van der Waals surface area contributed by atoms with Gasteiger partial charge in [-0.1, -0.05) is 36.4 Å². The van der Waals surface area contributed by atoms with E-state index in [2.05, 4.69) is 27.3 Å². The van der Waals surface area contributed by atoms with Crippen molar-refractivity contribution in [2.75, 3.05) is 5.73 Å². The third-order valence-electron chi connectivity index (χ3n) is 3.04. The fourth-order valence-electron chi connectivity index (χ4n) is 2.08. The highest BCUT2D eigenvalue weighted by Crippen LogP contribution is 2.25. The molecule has 3 rings (SSSR count). The predicted molar refractivity (Wildman–Crippen MR) is 75.5 cm³/mol. The van der Waals surface area contributed by atoms with Crippen LogP contribution in [0.1, 0.15) is 11.1 Å². The van der Waals surface area contributed by atoms with Gasteiger partial charge in [0.05, 0.1) is 11.4 Å². The van der Waals surface area contributed by atoms with Crippen LogP contribution in [0.2, 0.25) is 0 Å². The highest BCUT2D eigenvalue weighted by molar-refractivity contribution is 5.65. The van der Waals surface area contributed by atoms with Crippen LogP contribution in [0, 0.1) is 0 Å². The van der Waals surface area contributed by atoms with Crippen molar-refractivity contribution in [2.45, 2.75) is 6.42 Å². The molecule has 0 saturated carbocycles. The summed E-state index contributed by atoms with van der Waals surface area (Å²) < 4.78 is 0. The summed E-state index contributed by atoms with van der Waals surface area (Å²) in [6.45, 7) is 0. The Bertz CT molecular complexity index is 659. The van der Waals surface area contributed by atoms with Crippen LogP contribution < -0.4 is 5.73 Å². The van der Waals surface area contributed by atoms with E-state index in [1.165, 1.54) is 5.56 Å². The van der Waals surface area contributed by atoms with E-state index in [0.717, 1.165) is 23.4 Å². The zero-order valence-electron chi connectivity index (χ0n) is 10.4. The molecule has 2 heterocycles. The van der Waals surface area contributed by atoms with Gasteiger partial charge in [0, 0.05) is 18.2 Å². The van der Waals surface area contributed by atoms with Crippen molar-refractivity contribution >= 4 is 5.82 Å². The molecule has 0 amide bonds. The summed E-state index contributed by atoms with van der Waals surface area (Å²) in [6.07, 6.45) is 2.51. The van der Waals surface area contributed by atoms with Crippen molar-refractivity contribution in [1.82, 2.24) is 15.2 Å². The van der Waals surface area contributed by atoms with E-state index < -0.39 is 0 Å². The maximum Gasteiger partial charge on any atom is 0.149 e. The molecule has 0 aliphatic heterocycles. The van der Waals surface area contributed by atoms with Crippen molar-refractivity contribution in [2.24, 2.45) is 0 Å². The quantitative estimate of drug-likeness (QED) is 0.751. The number of pyridine rings is 1. The normalized spacial score (nSPS) is 10.5. The van der Waals surface area contributed by atoms with Gasteiger partial charge < -0.3 is 5.73 Å². The molecule has 19 heavy (non-hydrogen) atoms. The van der Waals surface area contributed by atoms with Gasteiger partial charge in [-0.3, -0.25) is 10.1 Å². The van der Waals surface area contributed by atoms with Gasteiger partial charge >= 0.3 is 0 Å². The predicted octanol–water partition coefficient (Wildman–Crippen LogP) is 2.64. The van der Waals surface area contributed by atoms with Gasteiger partial charge in [0.15, 0.2) is 0 Å². The lowest BCUT2D eigenvalue weighted by atomic mass is 10.0. The highest BCUT2D eigenvalue weighted by atomic mass is 15.2. The first-order valence-electron chi connectivity index (χ1n) is 6.12. The Labute approximate surface area is 111 Å². The Morgan fingerprint density at radius 3 is 2.53 bits per heavy atom. The van der Waals surface area contributed by atoms with Crippen LogP contribution in [0.4, 0.5) is 5.82 Å². The summed E-state index contributed by atoms with van der Waals surface area (Å²) in [7, 11) is 0. The summed E-state index contributed by atoms with van der Waals surface area (Å²) >= 11 is 0. The van der Waals surface area contributed by atoms with Crippen molar-refractivity contribution < 1.29 is 0 Å². The number of nitrogen functional groups attached to an aromatic ring is 1. The number of nitrogens with one attached hydrogen (secondary N) is 1. The van der Waals surface area contributed by atoms with E-state index in [1.807, 2.05) is 36.4 Å². The van der Waals surface area contributed by atoms with Gasteiger partial charge in [-0.15, -0.1) is 0 Å². The molecule has 3 N–H and O–H groups in total. The zero-order chi connectivity index (χ0) is 13.1. The fraction of sp³-hybridized carbons (Fsp3) is 0.0667. The van der Waals surface area contributed by atoms with E-state index in [9.17, 15) is 0 Å². The minimum Gasteiger partial charge on any atom is -0.382 e. The molecular formula is C15H14N4. The molecule has 0 radical (unpaired) electrons. The first-order valence-corrected chi connectivity index (χ1v) is 6.12. The van der Waals surface area contributed by atoms with Crippen LogP contribution in [-0.2, 0) is 6.42 Å². The highest BCUT2D eigenvalue weighted by Gasteiger charge is 2.13. The monoisotopic (exact) mass is 250 g/mol. The maximum absolute atomic E-state index is 5.96. The van der Waals surface area contributed by atoms with Crippen LogP contribution in [0.3, 0.4) is 0 Å². The van der Waals surface area contributed by atoms with Gasteiger partial charge in [-0.2, -0.15) is 5.10 Å². The van der Waals surface area contributed by atoms with E-state index in [0.29, 0.717) is 5.82 Å². The average Bonchev–Trinajstić information content (AvgIpc) is 2.82. The van der Waals surface area contributed by atoms with Crippen molar-refractivity contribution in [3.63, 3.8) is 0 Å². The number of rotatable bonds is 3. The fourth-order valence-corrected chi connectivity index (χ4v) is 2.08. The second kappa shape index (κ2) is 4.94. The van der Waals surface area contributed by atoms with Crippen LogP contribution >= 0.6 is 0 Å². The molecule has 2 aromatic heterocycles. The molecular weight excluding hydrogens is 236 g/mol. The van der Waals surface area contributed by atoms with Crippen molar-refractivity contribution in [3.05, 3.63) is 65.9 Å². The number of hydrogen-bond donors (Lipinski definition) is 2. The van der Waals surface area contributed by atoms with Crippen molar-refractivity contribution in [1.29, 1.82) is 0 Å². The molecule has 4 nitrogen and oxygen atoms in total. The molecule has 94 valence electrons. The Balaban J connectivity index is 2.00. The van der Waals surface area contributed by atoms with Crippen LogP contribution in [0.15, 0.2) is 54.7 Å². The summed E-state index contributed by atoms with van der Waals surface area (Å²) in [6, 6.07) is 16.0. The summed E-state index contributed by atoms with van der Waals surface area (Å²) in [5.74, 6) is 0.532. The minimum atomic E-state index is 0.532. The zero-order valence-corrected chi connectivity index (χ0v) is 10.4. The van der Waals surface area contributed by atoms with Gasteiger partial charge in [0.2, 0.25) is 0 Å². The molecule has 4 heteroatoms. The molecule has 0 aliphatic rings. The van der Waals surface area contributed by atoms with Crippen LogP contribution in [0.25, 0.3) is 11.4 Å². The molecule has 0 atom stereocenters. The Hall–Kier alpha value is -2.62. The molecule has 0 unspecified atom stereocenters. The minimum absolute atomic E-state index is 0.532. The van der Waals surface area contributed by atoms with E-state index >= 15 is 0 Å². The molecule has 0 saturated heterocycles. The second-order valence-electron chi connectivity index (χ2n) is 4.34. The number of benzene rings is 1. The van der Waals surface area contributed by atoms with E-state index in [1.54, 1.807) is 6.20 Å². The Morgan fingerprint density at radius 1 is 1.00 bits per heavy atom. The topological polar surface area (TPSA) is 67.6 Å². The maximum atomic E-state index is 5.96. The number of nitrogens with zero attached hydrogens (tertiary/aromatic N) is 2. The largest absolute Gasteiger partial charge is 0.382 e. The molecule has 1 aromatic carbocycles. The SMILES string of the molecule is Nc1n[nH]c(-c2ccccn2)c1Cc1ccccc1. The summed E-state index contributed by atoms with van der Waals surface area (Å²) in [5.41, 5.74) is 9.90. The third-order valence-corrected chi connectivity index (χ3v) is 3.04. The van der Waals surface area contributed by atoms with Crippen LogP contribution in [0.5, 0.6) is 0 Å². The number of aromatic nitrogens is 3. The first-order chi connectivity index (χ1) is 9.34. The second-order valence-corrected chi connectivity index (χ2v) is 4.34. The standard InChI is InChI=1S/C15H14N4/c16-15-12(10-11-6-2-1-3-7-11)14(18-19-15)13-8-4-5-9-17-13/h1-9H,10H2,(H3,16,18,19). The summed E-state index contributed by atoms with van der Waals surface area (Å²) in [5, 5.41) is 7.07. The number of nitrogens with two attached hydrogens (primary N) is 1. The molecule has 0 fully saturated rings. The molecule has 0 bridgehead atoms. The van der Waals surface area contributed by atoms with Gasteiger partial charge in [-0.05, 0) is 17.7 Å². The summed E-state index contributed by atoms with van der Waals surface area (Å²) in [4.78, 5) is 4.34. The number of anilines is 1. The lowest BCUT2D eigenvalue weighted by Gasteiger charge is -2.04. The molecule has 3 aromatic rings. The van der Waals surface area contributed by atoms with Gasteiger partial charge in [0.1, 0.15) is 5.82 Å². The lowest BCUT2D eigenvalue weighted by molar-refractivity contribution is 1.09. The van der Waals surface area contributed by atoms with E-state index in [4.69, 9.17) is 5.73 Å².